The van der Waals surface area contributed by atoms with Crippen LogP contribution in [0.3, 0.4) is 0 Å². The Morgan fingerprint density at radius 3 is 2.86 bits per heavy atom. The van der Waals surface area contributed by atoms with Gasteiger partial charge in [-0.1, -0.05) is 47.1 Å². The van der Waals surface area contributed by atoms with Gasteiger partial charge in [0.25, 0.3) is 0 Å². The second kappa shape index (κ2) is 5.97. The summed E-state index contributed by atoms with van der Waals surface area (Å²) >= 11 is 5.84. The number of benzene rings is 1. The summed E-state index contributed by atoms with van der Waals surface area (Å²) in [5.74, 6) is 0.171. The Morgan fingerprint density at radius 1 is 1.33 bits per heavy atom. The Hall–Kier alpha value is -2.33. The van der Waals surface area contributed by atoms with Crippen LogP contribution < -0.4 is 0 Å². The molecule has 0 N–H and O–H groups in total. The molecule has 0 fully saturated rings. The maximum Gasteiger partial charge on any atom is 0.334 e. The molecule has 0 atom stereocenters. The van der Waals surface area contributed by atoms with Crippen LogP contribution in [0.25, 0.3) is 11.3 Å². The number of ether oxygens (including phenoxy) is 1. The standard InChI is InChI=1S/C16H12ClNO3/c17-13-7-5-11(6-8-13)15-9-14(21-18-15)10-20-16(19)12-3-1-2-4-12/h1-3,5-9H,4,10H2. The van der Waals surface area contributed by atoms with Crippen molar-refractivity contribution in [1.82, 2.24) is 5.16 Å². The van der Waals surface area contributed by atoms with Gasteiger partial charge in [-0.15, -0.1) is 0 Å². The van der Waals surface area contributed by atoms with E-state index in [0.29, 0.717) is 28.5 Å². The molecule has 106 valence electrons. The second-order valence-electron chi connectivity index (χ2n) is 4.59. The zero-order valence-corrected chi connectivity index (χ0v) is 11.8. The van der Waals surface area contributed by atoms with Crippen molar-refractivity contribution in [2.45, 2.75) is 13.0 Å². The molecule has 4 nitrogen and oxygen atoms in total. The highest BCUT2D eigenvalue weighted by atomic mass is 35.5. The van der Waals surface area contributed by atoms with Crippen molar-refractivity contribution in [3.63, 3.8) is 0 Å². The zero-order valence-electron chi connectivity index (χ0n) is 11.1. The first-order valence-electron chi connectivity index (χ1n) is 6.47. The smallest absolute Gasteiger partial charge is 0.334 e. The fraction of sp³-hybridized carbons (Fsp3) is 0.125. The number of carbonyl (C=O) groups is 1. The van der Waals surface area contributed by atoms with Gasteiger partial charge in [0, 0.05) is 22.2 Å². The lowest BCUT2D eigenvalue weighted by Crippen LogP contribution is -2.06. The third kappa shape index (κ3) is 3.23. The van der Waals surface area contributed by atoms with Crippen molar-refractivity contribution in [1.29, 1.82) is 0 Å². The molecule has 0 unspecified atom stereocenters. The summed E-state index contributed by atoms with van der Waals surface area (Å²) < 4.78 is 10.3. The molecule has 1 aromatic heterocycles. The topological polar surface area (TPSA) is 52.3 Å². The number of carbonyl (C=O) groups excluding carboxylic acids is 1. The van der Waals surface area contributed by atoms with Crippen molar-refractivity contribution >= 4 is 17.6 Å². The zero-order chi connectivity index (χ0) is 14.7. The van der Waals surface area contributed by atoms with E-state index in [1.807, 2.05) is 24.3 Å². The normalized spacial score (nSPS) is 13.3. The van der Waals surface area contributed by atoms with Gasteiger partial charge in [0.15, 0.2) is 12.4 Å². The number of rotatable bonds is 4. The Bertz CT molecular complexity index is 713. The molecule has 1 aromatic carbocycles. The number of hydrogen-bond donors (Lipinski definition) is 0. The van der Waals surface area contributed by atoms with Crippen LogP contribution in [0.15, 0.2) is 58.7 Å². The summed E-state index contributed by atoms with van der Waals surface area (Å²) in [6, 6.07) is 9.02. The summed E-state index contributed by atoms with van der Waals surface area (Å²) in [6.45, 7) is 0.0662. The Kier molecular flexibility index (Phi) is 3.88. The first kappa shape index (κ1) is 13.6. The number of halogens is 1. The van der Waals surface area contributed by atoms with Crippen molar-refractivity contribution in [3.8, 4) is 11.3 Å². The van der Waals surface area contributed by atoms with Gasteiger partial charge in [-0.3, -0.25) is 0 Å². The van der Waals surface area contributed by atoms with E-state index in [-0.39, 0.29) is 12.6 Å². The van der Waals surface area contributed by atoms with E-state index >= 15 is 0 Å². The molecule has 0 saturated heterocycles. The lowest BCUT2D eigenvalue weighted by atomic mass is 10.1. The minimum Gasteiger partial charge on any atom is -0.454 e. The maximum atomic E-state index is 11.7. The maximum absolute atomic E-state index is 11.7. The number of nitrogens with zero attached hydrogens (tertiary/aromatic N) is 1. The predicted molar refractivity (Wildman–Crippen MR) is 78.6 cm³/mol. The van der Waals surface area contributed by atoms with E-state index in [4.69, 9.17) is 20.9 Å². The number of aromatic nitrogens is 1. The SMILES string of the molecule is O=C(OCc1cc(-c2ccc(Cl)cc2)no1)C1=CC=CC1. The Labute approximate surface area is 126 Å². The van der Waals surface area contributed by atoms with Gasteiger partial charge in [-0.25, -0.2) is 4.79 Å². The third-order valence-corrected chi connectivity index (χ3v) is 3.33. The first-order valence-corrected chi connectivity index (χ1v) is 6.84. The van der Waals surface area contributed by atoms with Crippen LogP contribution >= 0.6 is 11.6 Å². The van der Waals surface area contributed by atoms with Gasteiger partial charge >= 0.3 is 5.97 Å². The minimum absolute atomic E-state index is 0.0662. The molecule has 0 saturated carbocycles. The Balaban J connectivity index is 1.62. The van der Waals surface area contributed by atoms with Crippen molar-refractivity contribution in [2.24, 2.45) is 0 Å². The molecule has 5 heteroatoms. The molecule has 0 amide bonds. The van der Waals surface area contributed by atoms with Gasteiger partial charge in [0.05, 0.1) is 0 Å². The quantitative estimate of drug-likeness (QED) is 0.803. The fourth-order valence-corrected chi connectivity index (χ4v) is 2.09. The van der Waals surface area contributed by atoms with Crippen LogP contribution in [-0.4, -0.2) is 11.1 Å². The van der Waals surface area contributed by atoms with E-state index in [2.05, 4.69) is 5.16 Å². The Morgan fingerprint density at radius 2 is 2.14 bits per heavy atom. The van der Waals surface area contributed by atoms with E-state index in [1.165, 1.54) is 0 Å². The third-order valence-electron chi connectivity index (χ3n) is 3.08. The van der Waals surface area contributed by atoms with Gasteiger partial charge in [0.1, 0.15) is 5.69 Å². The molecular formula is C16H12ClNO3. The first-order chi connectivity index (χ1) is 10.2. The summed E-state index contributed by atoms with van der Waals surface area (Å²) in [5.41, 5.74) is 2.22. The molecular weight excluding hydrogens is 290 g/mol. The van der Waals surface area contributed by atoms with Crippen LogP contribution in [0, 0.1) is 0 Å². The van der Waals surface area contributed by atoms with E-state index in [9.17, 15) is 4.79 Å². The average molecular weight is 302 g/mol. The lowest BCUT2D eigenvalue weighted by molar-refractivity contribution is -0.140. The molecule has 0 radical (unpaired) electrons. The molecule has 2 aromatic rings. The number of allylic oxidation sites excluding steroid dienone is 3. The van der Waals surface area contributed by atoms with Gasteiger partial charge in [-0.05, 0) is 18.6 Å². The van der Waals surface area contributed by atoms with Crippen LogP contribution in [0.4, 0.5) is 0 Å². The summed E-state index contributed by atoms with van der Waals surface area (Å²) in [6.07, 6.45) is 6.11. The summed E-state index contributed by atoms with van der Waals surface area (Å²) in [4.78, 5) is 11.7. The van der Waals surface area contributed by atoms with E-state index in [1.54, 1.807) is 24.3 Å². The summed E-state index contributed by atoms with van der Waals surface area (Å²) in [7, 11) is 0. The molecule has 0 bridgehead atoms. The molecule has 3 rings (SSSR count). The molecule has 0 spiro atoms. The number of hydrogen-bond acceptors (Lipinski definition) is 4. The highest BCUT2D eigenvalue weighted by Gasteiger charge is 2.13. The minimum atomic E-state index is -0.329. The largest absolute Gasteiger partial charge is 0.454 e. The monoisotopic (exact) mass is 301 g/mol. The number of esters is 1. The molecule has 1 heterocycles. The van der Waals surface area contributed by atoms with Crippen molar-refractivity contribution in [3.05, 3.63) is 64.9 Å². The van der Waals surface area contributed by atoms with Crippen molar-refractivity contribution < 1.29 is 14.1 Å². The second-order valence-corrected chi connectivity index (χ2v) is 5.02. The van der Waals surface area contributed by atoms with Crippen molar-refractivity contribution in [2.75, 3.05) is 0 Å². The van der Waals surface area contributed by atoms with Crippen LogP contribution in [-0.2, 0) is 16.1 Å². The lowest BCUT2D eigenvalue weighted by Gasteiger charge is -2.01. The molecule has 1 aliphatic carbocycles. The highest BCUT2D eigenvalue weighted by molar-refractivity contribution is 6.30. The van der Waals surface area contributed by atoms with E-state index < -0.39 is 0 Å². The van der Waals surface area contributed by atoms with Crippen LogP contribution in [0.5, 0.6) is 0 Å². The average Bonchev–Trinajstić information content (AvgIpc) is 3.17. The molecule has 21 heavy (non-hydrogen) atoms. The van der Waals surface area contributed by atoms with Gasteiger partial charge in [-0.2, -0.15) is 0 Å². The van der Waals surface area contributed by atoms with Gasteiger partial charge in [0.2, 0.25) is 0 Å². The van der Waals surface area contributed by atoms with E-state index in [0.717, 1.165) is 5.56 Å². The van der Waals surface area contributed by atoms with Crippen LogP contribution in [0.2, 0.25) is 5.02 Å². The highest BCUT2D eigenvalue weighted by Crippen LogP contribution is 2.22. The van der Waals surface area contributed by atoms with Gasteiger partial charge < -0.3 is 9.26 Å². The van der Waals surface area contributed by atoms with Crippen LogP contribution in [0.1, 0.15) is 12.2 Å². The summed E-state index contributed by atoms with van der Waals surface area (Å²) in [5, 5.41) is 4.62. The molecule has 1 aliphatic rings. The predicted octanol–water partition coefficient (Wildman–Crippen LogP) is 3.92. The fourth-order valence-electron chi connectivity index (χ4n) is 1.97. The molecule has 0 aliphatic heterocycles.